The van der Waals surface area contributed by atoms with Gasteiger partial charge < -0.3 is 14.6 Å². The molecule has 0 saturated carbocycles. The summed E-state index contributed by atoms with van der Waals surface area (Å²) < 4.78 is 10.2. The lowest BCUT2D eigenvalue weighted by molar-refractivity contribution is -0.116. The Balaban J connectivity index is 2.09. The Labute approximate surface area is 133 Å². The first-order chi connectivity index (χ1) is 10.4. The van der Waals surface area contributed by atoms with Gasteiger partial charge in [-0.2, -0.15) is 0 Å². The first-order valence-corrected chi connectivity index (χ1v) is 7.13. The van der Waals surface area contributed by atoms with Crippen molar-refractivity contribution >= 4 is 29.1 Å². The van der Waals surface area contributed by atoms with E-state index in [2.05, 4.69) is 15.8 Å². The minimum atomic E-state index is -0.500. The molecule has 0 spiro atoms. The molecule has 0 aliphatic rings. The Morgan fingerprint density at radius 2 is 2.09 bits per heavy atom. The number of nitrogens with one attached hydrogen (secondary N) is 2. The maximum atomic E-state index is 12.1. The van der Waals surface area contributed by atoms with E-state index in [-0.39, 0.29) is 5.91 Å². The van der Waals surface area contributed by atoms with Crippen molar-refractivity contribution in [1.82, 2.24) is 5.16 Å². The number of nitrogens with zero attached hydrogens (tertiary/aromatic N) is 1. The highest BCUT2D eigenvalue weighted by Gasteiger charge is 2.17. The number of halogens is 1. The number of rotatable bonds is 5. The molecule has 2 rings (SSSR count). The van der Waals surface area contributed by atoms with E-state index < -0.39 is 6.04 Å². The Hall–Kier alpha value is -2.21. The second-order valence-electron chi connectivity index (χ2n) is 4.99. The van der Waals surface area contributed by atoms with Crippen molar-refractivity contribution in [3.63, 3.8) is 0 Å². The number of benzene rings is 1. The van der Waals surface area contributed by atoms with E-state index in [0.29, 0.717) is 28.0 Å². The number of anilines is 2. The zero-order valence-corrected chi connectivity index (χ0v) is 13.6. The van der Waals surface area contributed by atoms with E-state index in [0.717, 1.165) is 5.56 Å². The van der Waals surface area contributed by atoms with Gasteiger partial charge in [-0.15, -0.1) is 0 Å². The molecule has 7 heteroatoms. The molecule has 0 aliphatic carbocycles. The van der Waals surface area contributed by atoms with Crippen molar-refractivity contribution in [3.05, 3.63) is 34.5 Å². The third-order valence-corrected chi connectivity index (χ3v) is 3.53. The first-order valence-electron chi connectivity index (χ1n) is 6.75. The Morgan fingerprint density at radius 1 is 1.36 bits per heavy atom. The summed E-state index contributed by atoms with van der Waals surface area (Å²) in [7, 11) is 1.55. The molecule has 2 N–H and O–H groups in total. The number of ether oxygens (including phenoxy) is 1. The van der Waals surface area contributed by atoms with Gasteiger partial charge in [-0.3, -0.25) is 10.1 Å². The molecular weight excluding hydrogens is 306 g/mol. The average molecular weight is 324 g/mol. The molecule has 1 aromatic heterocycles. The summed E-state index contributed by atoms with van der Waals surface area (Å²) in [6.07, 6.45) is 0. The topological polar surface area (TPSA) is 76.4 Å². The maximum absolute atomic E-state index is 12.1. The second-order valence-corrected chi connectivity index (χ2v) is 5.40. The van der Waals surface area contributed by atoms with Crippen molar-refractivity contribution in [2.24, 2.45) is 0 Å². The van der Waals surface area contributed by atoms with Crippen molar-refractivity contribution in [1.29, 1.82) is 0 Å². The standard InChI is InChI=1S/C15H18ClN3O3/c1-8-5-12(13(21-4)7-11(8)16)17-10(3)15(20)18-14-6-9(2)19-22-14/h5-7,10,17H,1-4H3,(H,18,20)/t10-/m0/s1. The molecule has 0 unspecified atom stereocenters. The van der Waals surface area contributed by atoms with Gasteiger partial charge in [0.25, 0.3) is 0 Å². The lowest BCUT2D eigenvalue weighted by Gasteiger charge is -2.17. The predicted molar refractivity (Wildman–Crippen MR) is 85.7 cm³/mol. The van der Waals surface area contributed by atoms with Gasteiger partial charge in [0.1, 0.15) is 11.8 Å². The van der Waals surface area contributed by atoms with Gasteiger partial charge in [0, 0.05) is 17.2 Å². The molecule has 6 nitrogen and oxygen atoms in total. The molecule has 118 valence electrons. The molecule has 0 fully saturated rings. The molecule has 0 saturated heterocycles. The lowest BCUT2D eigenvalue weighted by Crippen LogP contribution is -2.31. The molecule has 2 aromatic rings. The number of carbonyl (C=O) groups is 1. The Bertz CT molecular complexity index is 685. The van der Waals surface area contributed by atoms with Crippen LogP contribution < -0.4 is 15.4 Å². The fraction of sp³-hybridized carbons (Fsp3) is 0.333. The summed E-state index contributed by atoms with van der Waals surface area (Å²) in [5, 5.41) is 10.1. The average Bonchev–Trinajstić information content (AvgIpc) is 2.87. The van der Waals surface area contributed by atoms with Crippen LogP contribution in [0.25, 0.3) is 0 Å². The molecule has 1 heterocycles. The highest BCUT2D eigenvalue weighted by Crippen LogP contribution is 2.31. The zero-order valence-electron chi connectivity index (χ0n) is 12.9. The third kappa shape index (κ3) is 3.71. The van der Waals surface area contributed by atoms with Crippen LogP contribution >= 0.6 is 11.6 Å². The normalized spacial score (nSPS) is 11.9. The van der Waals surface area contributed by atoms with Crippen LogP contribution in [0.15, 0.2) is 22.7 Å². The van der Waals surface area contributed by atoms with E-state index in [1.807, 2.05) is 13.0 Å². The van der Waals surface area contributed by atoms with Crippen LogP contribution in [0.2, 0.25) is 5.02 Å². The fourth-order valence-electron chi connectivity index (χ4n) is 1.90. The largest absolute Gasteiger partial charge is 0.495 e. The van der Waals surface area contributed by atoms with Crippen LogP contribution in [0.3, 0.4) is 0 Å². The van der Waals surface area contributed by atoms with Crippen LogP contribution in [0.5, 0.6) is 5.75 Å². The van der Waals surface area contributed by atoms with Crippen molar-refractivity contribution in [3.8, 4) is 5.75 Å². The maximum Gasteiger partial charge on any atom is 0.248 e. The summed E-state index contributed by atoms with van der Waals surface area (Å²) >= 11 is 6.07. The van der Waals surface area contributed by atoms with Gasteiger partial charge in [0.2, 0.25) is 11.8 Å². The summed E-state index contributed by atoms with van der Waals surface area (Å²) in [6.45, 7) is 5.40. The number of methoxy groups -OCH3 is 1. The summed E-state index contributed by atoms with van der Waals surface area (Å²) in [5.41, 5.74) is 2.29. The Morgan fingerprint density at radius 3 is 2.68 bits per heavy atom. The smallest absolute Gasteiger partial charge is 0.248 e. The summed E-state index contributed by atoms with van der Waals surface area (Å²) in [6, 6.07) is 4.70. The highest BCUT2D eigenvalue weighted by molar-refractivity contribution is 6.31. The monoisotopic (exact) mass is 323 g/mol. The second kappa shape index (κ2) is 6.70. The van der Waals surface area contributed by atoms with E-state index in [4.69, 9.17) is 20.9 Å². The van der Waals surface area contributed by atoms with Gasteiger partial charge in [-0.1, -0.05) is 16.8 Å². The lowest BCUT2D eigenvalue weighted by atomic mass is 10.2. The van der Waals surface area contributed by atoms with Gasteiger partial charge in [-0.25, -0.2) is 0 Å². The van der Waals surface area contributed by atoms with Crippen LogP contribution in [-0.2, 0) is 4.79 Å². The number of hydrogen-bond acceptors (Lipinski definition) is 5. The quantitative estimate of drug-likeness (QED) is 0.882. The van der Waals surface area contributed by atoms with Crippen LogP contribution in [0.4, 0.5) is 11.6 Å². The van der Waals surface area contributed by atoms with Gasteiger partial charge in [-0.05, 0) is 32.4 Å². The number of hydrogen-bond donors (Lipinski definition) is 2. The highest BCUT2D eigenvalue weighted by atomic mass is 35.5. The summed E-state index contributed by atoms with van der Waals surface area (Å²) in [5.74, 6) is 0.645. The van der Waals surface area contributed by atoms with Crippen molar-refractivity contribution in [2.75, 3.05) is 17.7 Å². The molecule has 0 aliphatic heterocycles. The van der Waals surface area contributed by atoms with Crippen molar-refractivity contribution in [2.45, 2.75) is 26.8 Å². The van der Waals surface area contributed by atoms with E-state index in [9.17, 15) is 4.79 Å². The minimum Gasteiger partial charge on any atom is -0.495 e. The van der Waals surface area contributed by atoms with Crippen LogP contribution in [-0.4, -0.2) is 24.2 Å². The van der Waals surface area contributed by atoms with Gasteiger partial charge in [0.05, 0.1) is 18.5 Å². The molecule has 1 atom stereocenters. The minimum absolute atomic E-state index is 0.245. The summed E-state index contributed by atoms with van der Waals surface area (Å²) in [4.78, 5) is 12.1. The predicted octanol–water partition coefficient (Wildman–Crippen LogP) is 3.39. The molecule has 0 bridgehead atoms. The molecule has 0 radical (unpaired) electrons. The van der Waals surface area contributed by atoms with Crippen LogP contribution in [0.1, 0.15) is 18.2 Å². The molecule has 1 amide bonds. The van der Waals surface area contributed by atoms with E-state index in [1.165, 1.54) is 0 Å². The van der Waals surface area contributed by atoms with Crippen LogP contribution in [0, 0.1) is 13.8 Å². The third-order valence-electron chi connectivity index (χ3n) is 3.12. The SMILES string of the molecule is COc1cc(Cl)c(C)cc1N[C@@H](C)C(=O)Nc1cc(C)no1. The number of amides is 1. The fourth-order valence-corrected chi connectivity index (χ4v) is 2.05. The van der Waals surface area contributed by atoms with Crippen molar-refractivity contribution < 1.29 is 14.1 Å². The zero-order chi connectivity index (χ0) is 16.3. The Kier molecular flexibility index (Phi) is 4.92. The van der Waals surface area contributed by atoms with E-state index >= 15 is 0 Å². The molecular formula is C15H18ClN3O3. The van der Waals surface area contributed by atoms with Gasteiger partial charge in [0.15, 0.2) is 0 Å². The van der Waals surface area contributed by atoms with E-state index in [1.54, 1.807) is 33.1 Å². The van der Waals surface area contributed by atoms with Gasteiger partial charge >= 0.3 is 0 Å². The number of aromatic nitrogens is 1. The first kappa shape index (κ1) is 16.2. The molecule has 1 aromatic carbocycles. The molecule has 22 heavy (non-hydrogen) atoms. The number of aryl methyl sites for hydroxylation is 2. The number of carbonyl (C=O) groups excluding carboxylic acids is 1.